The van der Waals surface area contributed by atoms with Gasteiger partial charge >= 0.3 is 0 Å². The summed E-state index contributed by atoms with van der Waals surface area (Å²) in [5.74, 6) is -0.571. The summed E-state index contributed by atoms with van der Waals surface area (Å²) in [6, 6.07) is 0. The molecule has 1 rings (SSSR count). The lowest BCUT2D eigenvalue weighted by Gasteiger charge is -2.14. The lowest BCUT2D eigenvalue weighted by atomic mass is 10.4. The molecule has 52 valence electrons. The molecule has 0 fully saturated rings. The molecule has 1 unspecified atom stereocenters. The number of nitrogens with two attached hydrogens (primary N) is 1. The quantitative estimate of drug-likeness (QED) is 0.410. The van der Waals surface area contributed by atoms with Gasteiger partial charge in [-0.25, -0.2) is 4.99 Å². The number of likely N-dealkylation sites (N-methyl/N-ethyl adjacent to an activating group) is 1. The van der Waals surface area contributed by atoms with Crippen LogP contribution in [-0.2, 0) is 0 Å². The predicted molar refractivity (Wildman–Crippen MR) is 34.9 cm³/mol. The molecule has 1 heterocycles. The Kier molecular flexibility index (Phi) is 1.22. The molecule has 0 amide bonds. The van der Waals surface area contributed by atoms with Crippen molar-refractivity contribution in [2.45, 2.75) is 12.8 Å². The van der Waals surface area contributed by atoms with Crippen LogP contribution in [0.25, 0.3) is 0 Å². The molecule has 3 N–H and O–H groups in total. The second-order valence-corrected chi connectivity index (χ2v) is 2.39. The number of hydrogen-bond donors (Lipinski definition) is 2. The molecule has 0 radical (unpaired) electrons. The van der Waals surface area contributed by atoms with Crippen molar-refractivity contribution in [3.63, 3.8) is 0 Å². The highest BCUT2D eigenvalue weighted by Gasteiger charge is 2.28. The van der Waals surface area contributed by atoms with Gasteiger partial charge in [-0.2, -0.15) is 0 Å². The van der Waals surface area contributed by atoms with Gasteiger partial charge in [0.25, 0.3) is 0 Å². The minimum absolute atomic E-state index is 0.388. The Bertz CT molecular complexity index is 152. The van der Waals surface area contributed by atoms with E-state index in [1.165, 1.54) is 0 Å². The van der Waals surface area contributed by atoms with Crippen LogP contribution in [0.3, 0.4) is 0 Å². The molecule has 0 spiro atoms. The van der Waals surface area contributed by atoms with Crippen LogP contribution >= 0.6 is 0 Å². The summed E-state index contributed by atoms with van der Waals surface area (Å²) in [6.45, 7) is 2.20. The van der Waals surface area contributed by atoms with Crippen LogP contribution < -0.4 is 5.73 Å². The Hall–Kier alpha value is -0.610. The monoisotopic (exact) mass is 129 g/mol. The largest absolute Gasteiger partial charge is 0.357 e. The zero-order chi connectivity index (χ0) is 7.07. The number of aliphatic hydroxyl groups is 1. The van der Waals surface area contributed by atoms with Crippen LogP contribution in [0.2, 0.25) is 0 Å². The maximum Gasteiger partial charge on any atom is 0.230 e. The molecule has 4 heteroatoms. The molecule has 9 heavy (non-hydrogen) atoms. The molecule has 0 saturated carbocycles. The fourth-order valence-electron chi connectivity index (χ4n) is 0.864. The van der Waals surface area contributed by atoms with Gasteiger partial charge in [0.05, 0.1) is 6.54 Å². The van der Waals surface area contributed by atoms with Gasteiger partial charge in [-0.1, -0.05) is 0 Å². The van der Waals surface area contributed by atoms with Crippen LogP contribution in [0.4, 0.5) is 0 Å². The van der Waals surface area contributed by atoms with Crippen molar-refractivity contribution in [1.29, 1.82) is 0 Å². The van der Waals surface area contributed by atoms with Crippen molar-refractivity contribution in [2.75, 3.05) is 13.6 Å². The lowest BCUT2D eigenvalue weighted by Crippen LogP contribution is -2.41. The van der Waals surface area contributed by atoms with E-state index in [0.29, 0.717) is 6.54 Å². The van der Waals surface area contributed by atoms with Gasteiger partial charge in [-0.15, -0.1) is 0 Å². The molecular formula is C5H11N3O. The van der Waals surface area contributed by atoms with Gasteiger partial charge in [0.15, 0.2) is 0 Å². The molecular weight excluding hydrogens is 118 g/mol. The van der Waals surface area contributed by atoms with Crippen LogP contribution in [-0.4, -0.2) is 35.3 Å². The fourth-order valence-corrected chi connectivity index (χ4v) is 0.864. The zero-order valence-corrected chi connectivity index (χ0v) is 5.63. The van der Waals surface area contributed by atoms with Crippen LogP contribution in [0, 0.1) is 0 Å². The summed E-state index contributed by atoms with van der Waals surface area (Å²) < 4.78 is 0. The molecule has 1 atom stereocenters. The summed E-state index contributed by atoms with van der Waals surface area (Å²) in [4.78, 5) is 5.58. The minimum atomic E-state index is -1.35. The highest BCUT2D eigenvalue weighted by Crippen LogP contribution is 2.09. The Labute approximate surface area is 54.0 Å². The summed E-state index contributed by atoms with van der Waals surface area (Å²) in [6.07, 6.45) is 0. The molecule has 0 saturated heterocycles. The maximum atomic E-state index is 9.08. The lowest BCUT2D eigenvalue weighted by molar-refractivity contribution is 0.0555. The average Bonchev–Trinajstić information content (AvgIpc) is 1.79. The molecule has 4 nitrogen and oxygen atoms in total. The third-order valence-corrected chi connectivity index (χ3v) is 1.38. The topological polar surface area (TPSA) is 61.9 Å². The summed E-state index contributed by atoms with van der Waals surface area (Å²) in [7, 11) is 1.84. The number of hydrogen-bond acceptors (Lipinski definition) is 4. The Morgan fingerprint density at radius 2 is 2.44 bits per heavy atom. The fraction of sp³-hybridized carbons (Fsp3) is 0.800. The van der Waals surface area contributed by atoms with Gasteiger partial charge in [-0.05, 0) is 6.92 Å². The van der Waals surface area contributed by atoms with E-state index in [0.717, 1.165) is 5.84 Å². The third-order valence-electron chi connectivity index (χ3n) is 1.38. The average molecular weight is 129 g/mol. The summed E-state index contributed by atoms with van der Waals surface area (Å²) in [5, 5.41) is 9.08. The highest BCUT2D eigenvalue weighted by molar-refractivity contribution is 5.81. The van der Waals surface area contributed by atoms with E-state index in [9.17, 15) is 0 Å². The standard InChI is InChI=1S/C5H11N3O/c1-4-7-5(6,9)3-8(4)2/h9H,3,6H2,1-2H3. The van der Waals surface area contributed by atoms with E-state index in [4.69, 9.17) is 10.8 Å². The number of nitrogens with zero attached hydrogens (tertiary/aromatic N) is 2. The van der Waals surface area contributed by atoms with Gasteiger partial charge < -0.3 is 10.0 Å². The first-order chi connectivity index (χ1) is 4.01. The van der Waals surface area contributed by atoms with Crippen molar-refractivity contribution in [3.8, 4) is 0 Å². The van der Waals surface area contributed by atoms with Gasteiger partial charge in [0, 0.05) is 7.05 Å². The molecule has 1 aliphatic heterocycles. The van der Waals surface area contributed by atoms with Gasteiger partial charge in [0.2, 0.25) is 5.85 Å². The van der Waals surface area contributed by atoms with Crippen molar-refractivity contribution in [1.82, 2.24) is 4.90 Å². The number of amidine groups is 1. The molecule has 1 aliphatic rings. The smallest absolute Gasteiger partial charge is 0.230 e. The Morgan fingerprint density at radius 1 is 1.89 bits per heavy atom. The van der Waals surface area contributed by atoms with E-state index in [1.807, 2.05) is 14.0 Å². The van der Waals surface area contributed by atoms with Crippen molar-refractivity contribution in [3.05, 3.63) is 0 Å². The summed E-state index contributed by atoms with van der Waals surface area (Å²) >= 11 is 0. The molecule has 0 bridgehead atoms. The van der Waals surface area contributed by atoms with Crippen LogP contribution in [0.1, 0.15) is 6.92 Å². The predicted octanol–water partition coefficient (Wildman–Crippen LogP) is -1.05. The van der Waals surface area contributed by atoms with E-state index in [1.54, 1.807) is 4.90 Å². The first-order valence-electron chi connectivity index (χ1n) is 2.80. The number of aliphatic imine (C=N–C) groups is 1. The number of β-amino-alcohol motifs (C(OH)–C–C–N with tert-alkyl or cyclic N) is 1. The van der Waals surface area contributed by atoms with Crippen molar-refractivity contribution < 1.29 is 5.11 Å². The van der Waals surface area contributed by atoms with E-state index in [-0.39, 0.29) is 0 Å². The third kappa shape index (κ3) is 1.20. The molecule has 0 aromatic carbocycles. The Morgan fingerprint density at radius 3 is 2.56 bits per heavy atom. The van der Waals surface area contributed by atoms with E-state index in [2.05, 4.69) is 4.99 Å². The number of rotatable bonds is 0. The van der Waals surface area contributed by atoms with Crippen LogP contribution in [0.15, 0.2) is 4.99 Å². The zero-order valence-electron chi connectivity index (χ0n) is 5.63. The highest BCUT2D eigenvalue weighted by atomic mass is 16.3. The van der Waals surface area contributed by atoms with E-state index >= 15 is 0 Å². The first-order valence-corrected chi connectivity index (χ1v) is 2.80. The van der Waals surface area contributed by atoms with Crippen LogP contribution in [0.5, 0.6) is 0 Å². The second kappa shape index (κ2) is 1.68. The SMILES string of the molecule is CC1=NC(N)(O)CN1C. The first kappa shape index (κ1) is 6.51. The molecule has 0 aromatic rings. The second-order valence-electron chi connectivity index (χ2n) is 2.39. The van der Waals surface area contributed by atoms with Crippen molar-refractivity contribution in [2.24, 2.45) is 10.7 Å². The minimum Gasteiger partial charge on any atom is -0.357 e. The normalized spacial score (nSPS) is 35.1. The van der Waals surface area contributed by atoms with E-state index < -0.39 is 5.85 Å². The molecule has 0 aliphatic carbocycles. The maximum absolute atomic E-state index is 9.08. The van der Waals surface area contributed by atoms with Gasteiger partial charge in [-0.3, -0.25) is 5.73 Å². The van der Waals surface area contributed by atoms with Crippen molar-refractivity contribution >= 4 is 5.84 Å². The molecule has 0 aromatic heterocycles. The van der Waals surface area contributed by atoms with Gasteiger partial charge in [0.1, 0.15) is 5.84 Å². The summed E-state index contributed by atoms with van der Waals surface area (Å²) in [5.41, 5.74) is 5.28. The Balaban J connectivity index is 2.74.